The number of nitrogens with one attached hydrogen (secondary N) is 1. The van der Waals surface area contributed by atoms with Crippen molar-refractivity contribution in [2.24, 2.45) is 0 Å². The van der Waals surface area contributed by atoms with E-state index in [2.05, 4.69) is 10.1 Å². The van der Waals surface area contributed by atoms with Crippen molar-refractivity contribution in [2.45, 2.75) is 13.0 Å². The summed E-state index contributed by atoms with van der Waals surface area (Å²) in [6, 6.07) is 3.37. The van der Waals surface area contributed by atoms with Gasteiger partial charge in [-0.2, -0.15) is 0 Å². The van der Waals surface area contributed by atoms with E-state index in [0.717, 1.165) is 25.3 Å². The lowest BCUT2D eigenvalue weighted by atomic mass is 10.4. The zero-order valence-electron chi connectivity index (χ0n) is 9.62. The third-order valence-corrected chi connectivity index (χ3v) is 2.05. The molecule has 1 heterocycles. The smallest absolute Gasteiger partial charge is 0.373 e. The molecule has 0 fully saturated rings. The molecule has 0 atom stereocenters. The van der Waals surface area contributed by atoms with Gasteiger partial charge >= 0.3 is 5.97 Å². The molecule has 16 heavy (non-hydrogen) atoms. The summed E-state index contributed by atoms with van der Waals surface area (Å²) in [5.74, 6) is 0.500. The molecule has 0 radical (unpaired) electrons. The predicted molar refractivity (Wildman–Crippen MR) is 58.2 cm³/mol. The van der Waals surface area contributed by atoms with Crippen LogP contribution in [0.3, 0.4) is 0 Å². The molecule has 1 aromatic heterocycles. The Morgan fingerprint density at radius 3 is 2.94 bits per heavy atom. The van der Waals surface area contributed by atoms with Gasteiger partial charge in [0.05, 0.1) is 13.7 Å². The van der Waals surface area contributed by atoms with E-state index in [0.29, 0.717) is 6.54 Å². The third-order valence-electron chi connectivity index (χ3n) is 2.05. The average molecular weight is 227 g/mol. The second-order valence-corrected chi connectivity index (χ2v) is 3.28. The summed E-state index contributed by atoms with van der Waals surface area (Å²) in [4.78, 5) is 11.1. The lowest BCUT2D eigenvalue weighted by molar-refractivity contribution is 0.0563. The highest BCUT2D eigenvalue weighted by Crippen LogP contribution is 2.08. The van der Waals surface area contributed by atoms with Crippen LogP contribution in [0.15, 0.2) is 16.5 Å². The fourth-order valence-electron chi connectivity index (χ4n) is 1.24. The van der Waals surface area contributed by atoms with E-state index in [-0.39, 0.29) is 5.76 Å². The Balaban J connectivity index is 2.27. The number of ether oxygens (including phenoxy) is 2. The van der Waals surface area contributed by atoms with Crippen molar-refractivity contribution in [3.05, 3.63) is 23.7 Å². The van der Waals surface area contributed by atoms with Crippen molar-refractivity contribution >= 4 is 5.97 Å². The first kappa shape index (κ1) is 12.7. The van der Waals surface area contributed by atoms with E-state index in [4.69, 9.17) is 9.15 Å². The van der Waals surface area contributed by atoms with Crippen molar-refractivity contribution < 1.29 is 18.7 Å². The summed E-state index contributed by atoms with van der Waals surface area (Å²) >= 11 is 0. The molecule has 0 bridgehead atoms. The van der Waals surface area contributed by atoms with Crippen LogP contribution < -0.4 is 5.32 Å². The first-order chi connectivity index (χ1) is 7.77. The minimum atomic E-state index is -0.453. The molecule has 0 saturated heterocycles. The monoisotopic (exact) mass is 227 g/mol. The van der Waals surface area contributed by atoms with Gasteiger partial charge in [-0.05, 0) is 25.1 Å². The minimum Gasteiger partial charge on any atom is -0.463 e. The van der Waals surface area contributed by atoms with Gasteiger partial charge in [0.2, 0.25) is 5.76 Å². The van der Waals surface area contributed by atoms with Gasteiger partial charge in [-0.3, -0.25) is 0 Å². The Bertz CT molecular complexity index is 322. The standard InChI is InChI=1S/C11H17NO4/c1-14-7-3-6-12-8-9-4-5-10(16-9)11(13)15-2/h4-5,12H,3,6-8H2,1-2H3. The number of hydrogen-bond acceptors (Lipinski definition) is 5. The molecule has 0 saturated carbocycles. The first-order valence-electron chi connectivity index (χ1n) is 5.14. The number of esters is 1. The van der Waals surface area contributed by atoms with E-state index >= 15 is 0 Å². The number of carbonyl (C=O) groups excluding carboxylic acids is 1. The molecule has 1 aromatic rings. The summed E-state index contributed by atoms with van der Waals surface area (Å²) in [5.41, 5.74) is 0. The van der Waals surface area contributed by atoms with Crippen molar-refractivity contribution in [1.82, 2.24) is 5.32 Å². The molecule has 0 aliphatic rings. The maximum atomic E-state index is 11.1. The van der Waals surface area contributed by atoms with Crippen LogP contribution in [-0.2, 0) is 16.0 Å². The minimum absolute atomic E-state index is 0.233. The van der Waals surface area contributed by atoms with Gasteiger partial charge in [-0.15, -0.1) is 0 Å². The van der Waals surface area contributed by atoms with Gasteiger partial charge in [0, 0.05) is 13.7 Å². The zero-order valence-corrected chi connectivity index (χ0v) is 9.62. The van der Waals surface area contributed by atoms with Crippen LogP contribution in [0.5, 0.6) is 0 Å². The molecule has 5 heteroatoms. The van der Waals surface area contributed by atoms with Gasteiger partial charge in [0.25, 0.3) is 0 Å². The lowest BCUT2D eigenvalue weighted by Crippen LogP contribution is -2.15. The number of carbonyl (C=O) groups is 1. The molecule has 1 N–H and O–H groups in total. The summed E-state index contributed by atoms with van der Waals surface area (Å²) in [7, 11) is 3.00. The van der Waals surface area contributed by atoms with Crippen LogP contribution in [0, 0.1) is 0 Å². The summed E-state index contributed by atoms with van der Waals surface area (Å²) < 4.78 is 14.7. The molecule has 0 amide bonds. The lowest BCUT2D eigenvalue weighted by Gasteiger charge is -2.01. The Labute approximate surface area is 94.7 Å². The molecular weight excluding hydrogens is 210 g/mol. The topological polar surface area (TPSA) is 60.7 Å². The fourth-order valence-corrected chi connectivity index (χ4v) is 1.24. The third kappa shape index (κ3) is 4.04. The summed E-state index contributed by atoms with van der Waals surface area (Å²) in [6.07, 6.45) is 0.946. The molecule has 5 nitrogen and oxygen atoms in total. The second-order valence-electron chi connectivity index (χ2n) is 3.28. The Hall–Kier alpha value is -1.33. The second kappa shape index (κ2) is 7.03. The van der Waals surface area contributed by atoms with E-state index in [9.17, 15) is 4.79 Å². The van der Waals surface area contributed by atoms with Crippen molar-refractivity contribution in [2.75, 3.05) is 27.4 Å². The number of furan rings is 1. The molecule has 0 aliphatic heterocycles. The van der Waals surface area contributed by atoms with E-state index in [1.807, 2.05) is 0 Å². The highest BCUT2D eigenvalue weighted by molar-refractivity contribution is 5.86. The molecule has 0 aromatic carbocycles. The summed E-state index contributed by atoms with van der Waals surface area (Å²) in [5, 5.41) is 3.18. The van der Waals surface area contributed by atoms with Gasteiger partial charge < -0.3 is 19.2 Å². The number of hydrogen-bond donors (Lipinski definition) is 1. The van der Waals surface area contributed by atoms with E-state index in [1.54, 1.807) is 19.2 Å². The Morgan fingerprint density at radius 2 is 2.25 bits per heavy atom. The van der Waals surface area contributed by atoms with E-state index < -0.39 is 5.97 Å². The molecular formula is C11H17NO4. The van der Waals surface area contributed by atoms with Crippen molar-refractivity contribution in [3.8, 4) is 0 Å². The van der Waals surface area contributed by atoms with Gasteiger partial charge in [0.1, 0.15) is 5.76 Å². The van der Waals surface area contributed by atoms with Crippen LogP contribution in [-0.4, -0.2) is 33.3 Å². The van der Waals surface area contributed by atoms with Gasteiger partial charge in [0.15, 0.2) is 0 Å². The van der Waals surface area contributed by atoms with Crippen molar-refractivity contribution in [3.63, 3.8) is 0 Å². The predicted octanol–water partition coefficient (Wildman–Crippen LogP) is 1.19. The maximum Gasteiger partial charge on any atom is 0.373 e. The molecule has 90 valence electrons. The quantitative estimate of drug-likeness (QED) is 0.560. The molecule has 0 spiro atoms. The van der Waals surface area contributed by atoms with Crippen LogP contribution in [0.25, 0.3) is 0 Å². The molecule has 0 aliphatic carbocycles. The van der Waals surface area contributed by atoms with E-state index in [1.165, 1.54) is 7.11 Å². The van der Waals surface area contributed by atoms with Crippen molar-refractivity contribution in [1.29, 1.82) is 0 Å². The highest BCUT2D eigenvalue weighted by atomic mass is 16.5. The molecule has 0 unspecified atom stereocenters. The van der Waals surface area contributed by atoms with Crippen LogP contribution in [0.2, 0.25) is 0 Å². The highest BCUT2D eigenvalue weighted by Gasteiger charge is 2.10. The Morgan fingerprint density at radius 1 is 1.44 bits per heavy atom. The largest absolute Gasteiger partial charge is 0.463 e. The average Bonchev–Trinajstić information content (AvgIpc) is 2.76. The maximum absolute atomic E-state index is 11.1. The Kier molecular flexibility index (Phi) is 5.60. The SMILES string of the molecule is COCCCNCc1ccc(C(=O)OC)o1. The van der Waals surface area contributed by atoms with Crippen LogP contribution in [0.4, 0.5) is 0 Å². The molecule has 1 rings (SSSR count). The number of methoxy groups -OCH3 is 2. The van der Waals surface area contributed by atoms with Gasteiger partial charge in [-0.1, -0.05) is 0 Å². The first-order valence-corrected chi connectivity index (χ1v) is 5.14. The van der Waals surface area contributed by atoms with Crippen LogP contribution in [0.1, 0.15) is 22.7 Å². The fraction of sp³-hybridized carbons (Fsp3) is 0.545. The zero-order chi connectivity index (χ0) is 11.8. The van der Waals surface area contributed by atoms with Gasteiger partial charge in [-0.25, -0.2) is 4.79 Å². The van der Waals surface area contributed by atoms with Crippen LogP contribution >= 0.6 is 0 Å². The normalized spacial score (nSPS) is 10.4. The number of rotatable bonds is 7. The summed E-state index contributed by atoms with van der Waals surface area (Å²) in [6.45, 7) is 2.18.